The maximum atomic E-state index is 11.4. The summed E-state index contributed by atoms with van der Waals surface area (Å²) in [7, 11) is 1.63. The van der Waals surface area contributed by atoms with Gasteiger partial charge in [-0.3, -0.25) is 4.79 Å². The Bertz CT molecular complexity index is 396. The Morgan fingerprint density at radius 2 is 2.00 bits per heavy atom. The molecule has 0 saturated carbocycles. The molecule has 16 heavy (non-hydrogen) atoms. The smallest absolute Gasteiger partial charge is 0.309 e. The van der Waals surface area contributed by atoms with Gasteiger partial charge in [-0.2, -0.15) is 0 Å². The zero-order valence-corrected chi connectivity index (χ0v) is 9.82. The van der Waals surface area contributed by atoms with Gasteiger partial charge in [0.2, 0.25) is 0 Å². The predicted octanol–water partition coefficient (Wildman–Crippen LogP) is 2.49. The van der Waals surface area contributed by atoms with Crippen molar-refractivity contribution < 1.29 is 14.3 Å². The Balaban J connectivity index is 2.26. The monoisotopic (exact) mass is 220 g/mol. The second-order valence-corrected chi connectivity index (χ2v) is 4.49. The van der Waals surface area contributed by atoms with Crippen molar-refractivity contribution in [3.8, 4) is 5.75 Å². The maximum Gasteiger partial charge on any atom is 0.309 e. The zero-order chi connectivity index (χ0) is 11.8. The Labute approximate surface area is 95.4 Å². The summed E-state index contributed by atoms with van der Waals surface area (Å²) in [6.45, 7) is 3.85. The minimum absolute atomic E-state index is 0.0212. The van der Waals surface area contributed by atoms with Crippen LogP contribution in [0.25, 0.3) is 0 Å². The average molecular weight is 220 g/mol. The van der Waals surface area contributed by atoms with Crippen molar-refractivity contribution in [1.82, 2.24) is 0 Å². The highest BCUT2D eigenvalue weighted by Crippen LogP contribution is 2.39. The normalized spacial score (nSPS) is 28.9. The first kappa shape index (κ1) is 11.0. The van der Waals surface area contributed by atoms with Gasteiger partial charge < -0.3 is 9.47 Å². The molecular weight excluding hydrogens is 204 g/mol. The number of cyclic esters (lactones) is 1. The van der Waals surface area contributed by atoms with Crippen LogP contribution in [-0.2, 0) is 15.1 Å². The van der Waals surface area contributed by atoms with E-state index in [1.807, 2.05) is 38.1 Å². The van der Waals surface area contributed by atoms with Crippen LogP contribution in [0.3, 0.4) is 0 Å². The lowest BCUT2D eigenvalue weighted by molar-refractivity contribution is -0.149. The largest absolute Gasteiger partial charge is 0.497 e. The Morgan fingerprint density at radius 1 is 1.38 bits per heavy atom. The number of methoxy groups -OCH3 is 1. The van der Waals surface area contributed by atoms with E-state index in [9.17, 15) is 4.79 Å². The topological polar surface area (TPSA) is 35.5 Å². The van der Waals surface area contributed by atoms with Crippen molar-refractivity contribution in [2.45, 2.75) is 25.9 Å². The van der Waals surface area contributed by atoms with E-state index in [-0.39, 0.29) is 11.9 Å². The Morgan fingerprint density at radius 3 is 2.44 bits per heavy atom. The summed E-state index contributed by atoms with van der Waals surface area (Å²) < 4.78 is 10.5. The molecule has 1 aliphatic rings. The van der Waals surface area contributed by atoms with E-state index in [0.29, 0.717) is 0 Å². The molecule has 1 fully saturated rings. The van der Waals surface area contributed by atoms with E-state index in [4.69, 9.17) is 9.47 Å². The summed E-state index contributed by atoms with van der Waals surface area (Å²) in [6, 6.07) is 7.67. The van der Waals surface area contributed by atoms with Crippen molar-refractivity contribution in [3.05, 3.63) is 29.8 Å². The van der Waals surface area contributed by atoms with Crippen LogP contribution in [-0.4, -0.2) is 13.1 Å². The highest BCUT2D eigenvalue weighted by molar-refractivity contribution is 5.75. The molecular formula is C13H16O3. The molecule has 0 bridgehead atoms. The first-order chi connectivity index (χ1) is 7.55. The lowest BCUT2D eigenvalue weighted by atomic mass is 9.89. The van der Waals surface area contributed by atoms with E-state index < -0.39 is 5.60 Å². The van der Waals surface area contributed by atoms with Crippen LogP contribution in [0.2, 0.25) is 0 Å². The molecule has 1 saturated heterocycles. The molecule has 0 unspecified atom stereocenters. The first-order valence-corrected chi connectivity index (χ1v) is 5.42. The minimum atomic E-state index is -0.483. The molecule has 0 radical (unpaired) electrons. The van der Waals surface area contributed by atoms with Gasteiger partial charge in [-0.05, 0) is 24.6 Å². The highest BCUT2D eigenvalue weighted by atomic mass is 16.6. The average Bonchev–Trinajstić information content (AvgIpc) is 2.54. The maximum absolute atomic E-state index is 11.4. The number of carbonyl (C=O) groups is 1. The molecule has 3 heteroatoms. The zero-order valence-electron chi connectivity index (χ0n) is 9.82. The molecule has 0 amide bonds. The molecule has 1 aromatic rings. The summed E-state index contributed by atoms with van der Waals surface area (Å²) in [5.74, 6) is 0.676. The minimum Gasteiger partial charge on any atom is -0.497 e. The molecule has 3 nitrogen and oxygen atoms in total. The van der Waals surface area contributed by atoms with Crippen molar-refractivity contribution in [3.63, 3.8) is 0 Å². The van der Waals surface area contributed by atoms with Crippen LogP contribution >= 0.6 is 0 Å². The van der Waals surface area contributed by atoms with Crippen LogP contribution in [0.1, 0.15) is 25.8 Å². The van der Waals surface area contributed by atoms with Crippen molar-refractivity contribution in [2.24, 2.45) is 5.92 Å². The summed E-state index contributed by atoms with van der Waals surface area (Å²) in [5, 5.41) is 0. The van der Waals surface area contributed by atoms with E-state index in [1.54, 1.807) is 7.11 Å². The number of hydrogen-bond acceptors (Lipinski definition) is 3. The van der Waals surface area contributed by atoms with Crippen LogP contribution < -0.4 is 4.74 Å². The van der Waals surface area contributed by atoms with Gasteiger partial charge in [-0.15, -0.1) is 0 Å². The molecule has 86 valence electrons. The van der Waals surface area contributed by atoms with Gasteiger partial charge in [0, 0.05) is 6.42 Å². The Hall–Kier alpha value is -1.51. The molecule has 2 atom stereocenters. The molecule has 0 aromatic heterocycles. The summed E-state index contributed by atoms with van der Waals surface area (Å²) in [5.41, 5.74) is 0.536. The molecule has 0 aliphatic carbocycles. The number of benzene rings is 1. The quantitative estimate of drug-likeness (QED) is 0.718. The van der Waals surface area contributed by atoms with Gasteiger partial charge in [0.15, 0.2) is 0 Å². The summed E-state index contributed by atoms with van der Waals surface area (Å²) in [4.78, 5) is 11.4. The number of hydrogen-bond donors (Lipinski definition) is 0. The van der Waals surface area contributed by atoms with Gasteiger partial charge in [0.25, 0.3) is 0 Å². The molecule has 1 aromatic carbocycles. The van der Waals surface area contributed by atoms with Crippen LogP contribution in [0.15, 0.2) is 24.3 Å². The van der Waals surface area contributed by atoms with Gasteiger partial charge >= 0.3 is 5.97 Å². The van der Waals surface area contributed by atoms with Gasteiger partial charge in [-0.1, -0.05) is 19.1 Å². The van der Waals surface area contributed by atoms with Crippen LogP contribution in [0, 0.1) is 5.92 Å². The van der Waals surface area contributed by atoms with E-state index >= 15 is 0 Å². The fourth-order valence-electron chi connectivity index (χ4n) is 2.15. The fourth-order valence-corrected chi connectivity index (χ4v) is 2.15. The third-order valence-electron chi connectivity index (χ3n) is 3.12. The number of carbonyl (C=O) groups excluding carboxylic acids is 1. The Kier molecular flexibility index (Phi) is 2.62. The molecule has 2 rings (SSSR count). The van der Waals surface area contributed by atoms with Gasteiger partial charge in [0.05, 0.1) is 13.0 Å². The third kappa shape index (κ3) is 1.77. The third-order valence-corrected chi connectivity index (χ3v) is 3.12. The standard InChI is InChI=1S/C13H16O3/c1-9-8-13(2,16-12(9)14)10-4-6-11(15-3)7-5-10/h4-7,9H,8H2,1-3H3/t9-,13-/m1/s1. The van der Waals surface area contributed by atoms with E-state index in [2.05, 4.69) is 0 Å². The molecule has 1 heterocycles. The first-order valence-electron chi connectivity index (χ1n) is 5.42. The summed E-state index contributed by atoms with van der Waals surface area (Å²) >= 11 is 0. The molecule has 1 aliphatic heterocycles. The lowest BCUT2D eigenvalue weighted by Crippen LogP contribution is -2.20. The summed E-state index contributed by atoms with van der Waals surface area (Å²) in [6.07, 6.45) is 0.734. The highest BCUT2D eigenvalue weighted by Gasteiger charge is 2.42. The van der Waals surface area contributed by atoms with Crippen molar-refractivity contribution in [1.29, 1.82) is 0 Å². The van der Waals surface area contributed by atoms with Gasteiger partial charge in [-0.25, -0.2) is 0 Å². The van der Waals surface area contributed by atoms with Crippen LogP contribution in [0.4, 0.5) is 0 Å². The predicted molar refractivity (Wildman–Crippen MR) is 60.2 cm³/mol. The van der Waals surface area contributed by atoms with Crippen LogP contribution in [0.5, 0.6) is 5.75 Å². The lowest BCUT2D eigenvalue weighted by Gasteiger charge is -2.23. The number of esters is 1. The number of ether oxygens (including phenoxy) is 2. The second kappa shape index (κ2) is 3.81. The van der Waals surface area contributed by atoms with E-state index in [1.165, 1.54) is 0 Å². The van der Waals surface area contributed by atoms with Crippen molar-refractivity contribution >= 4 is 5.97 Å². The molecule has 0 N–H and O–H groups in total. The fraction of sp³-hybridized carbons (Fsp3) is 0.462. The number of rotatable bonds is 2. The molecule has 0 spiro atoms. The van der Waals surface area contributed by atoms with Crippen molar-refractivity contribution in [2.75, 3.05) is 7.11 Å². The second-order valence-electron chi connectivity index (χ2n) is 4.49. The van der Waals surface area contributed by atoms with E-state index in [0.717, 1.165) is 17.7 Å². The van der Waals surface area contributed by atoms with Gasteiger partial charge in [0.1, 0.15) is 11.4 Å². The SMILES string of the molecule is COc1ccc([C@@]2(C)C[C@@H](C)C(=O)O2)cc1.